The molecule has 0 bridgehead atoms. The molecule has 0 aliphatic rings. The Bertz CT molecular complexity index is 459. The number of nitro groups is 2. The molecule has 8 nitrogen and oxygen atoms in total. The number of hydrogen-bond acceptors (Lipinski definition) is 5. The number of benzene rings is 1. The molecule has 0 amide bonds. The zero-order valence-electron chi connectivity index (χ0n) is 7.02. The van der Waals surface area contributed by atoms with Gasteiger partial charge in [0.25, 0.3) is 0 Å². The third-order valence-corrected chi connectivity index (χ3v) is 3.05. The quantitative estimate of drug-likeness (QED) is 0.457. The molecule has 1 aromatic rings. The van der Waals surface area contributed by atoms with E-state index in [-0.39, 0.29) is 4.46 Å². The van der Waals surface area contributed by atoms with E-state index in [1.807, 2.05) is 0 Å². The minimum atomic E-state index is -3.46. The van der Waals surface area contributed by atoms with Gasteiger partial charge in [0, 0.05) is 0 Å². The van der Waals surface area contributed by atoms with Gasteiger partial charge in [-0.2, -0.15) is 0 Å². The van der Waals surface area contributed by atoms with Crippen LogP contribution in [0.3, 0.4) is 0 Å². The van der Waals surface area contributed by atoms with Crippen LogP contribution in [0.15, 0.2) is 18.2 Å². The van der Waals surface area contributed by atoms with Crippen molar-refractivity contribution in [2.75, 3.05) is 0 Å². The average molecular weight is 279 g/mol. The van der Waals surface area contributed by atoms with Gasteiger partial charge in [0.2, 0.25) is 0 Å². The van der Waals surface area contributed by atoms with Crippen molar-refractivity contribution in [2.45, 2.75) is 0 Å². The second-order valence-corrected chi connectivity index (χ2v) is 4.38. The second-order valence-electron chi connectivity index (χ2n) is 2.42. The molecule has 0 fully saturated rings. The van der Waals surface area contributed by atoms with Crippen LogP contribution in [0.4, 0.5) is 11.4 Å². The Morgan fingerprint density at radius 3 is 2.20 bits per heavy atom. The van der Waals surface area contributed by atoms with Crippen molar-refractivity contribution in [3.05, 3.63) is 38.4 Å². The van der Waals surface area contributed by atoms with E-state index >= 15 is 0 Å². The molecule has 0 aliphatic heterocycles. The summed E-state index contributed by atoms with van der Waals surface area (Å²) in [4.78, 5) is 19.0. The van der Waals surface area contributed by atoms with Gasteiger partial charge in [0.15, 0.2) is 0 Å². The molecule has 0 spiro atoms. The van der Waals surface area contributed by atoms with Gasteiger partial charge in [-0.1, -0.05) is 0 Å². The molecule has 1 rings (SSSR count). The van der Waals surface area contributed by atoms with E-state index < -0.39 is 35.4 Å². The van der Waals surface area contributed by atoms with Crippen LogP contribution >= 0.6 is 0 Å². The van der Waals surface area contributed by atoms with E-state index in [2.05, 4.69) is 0 Å². The third kappa shape index (κ3) is 2.40. The fraction of sp³-hybridized carbons (Fsp3) is 0. The molecule has 1 N–H and O–H groups in total. The molecular weight excluding hydrogens is 275 g/mol. The molecule has 0 radical (unpaired) electrons. The first kappa shape index (κ1) is 11.4. The van der Waals surface area contributed by atoms with Gasteiger partial charge in [-0.05, 0) is 0 Å². The van der Waals surface area contributed by atoms with Gasteiger partial charge < -0.3 is 0 Å². The molecular formula is C6H4N2O6Se. The standard InChI is InChI=1S/C6H4N2O6Se/c9-7(10)4-1-2-6(15(13)14)5(3-4)8(11)12/h1-3H,(H,13,14). The van der Waals surface area contributed by atoms with Crippen molar-refractivity contribution in [2.24, 2.45) is 0 Å². The fourth-order valence-electron chi connectivity index (χ4n) is 0.910. The summed E-state index contributed by atoms with van der Waals surface area (Å²) in [7, 11) is 0. The maximum atomic E-state index is 10.7. The van der Waals surface area contributed by atoms with Crippen LogP contribution in [0.2, 0.25) is 0 Å². The third-order valence-electron chi connectivity index (χ3n) is 1.54. The van der Waals surface area contributed by atoms with Gasteiger partial charge in [0.05, 0.1) is 0 Å². The van der Waals surface area contributed by atoms with Crippen LogP contribution in [0.25, 0.3) is 0 Å². The first-order valence-corrected chi connectivity index (χ1v) is 5.79. The summed E-state index contributed by atoms with van der Waals surface area (Å²) in [5.41, 5.74) is -1.19. The average Bonchev–Trinajstić information content (AvgIpc) is 2.16. The Hall–Kier alpha value is -1.70. The molecule has 80 valence electrons. The monoisotopic (exact) mass is 280 g/mol. The summed E-state index contributed by atoms with van der Waals surface area (Å²) >= 11 is -3.46. The number of non-ortho nitro benzene ring substituents is 1. The number of rotatable bonds is 3. The van der Waals surface area contributed by atoms with E-state index in [1.165, 1.54) is 0 Å². The Labute approximate surface area is 86.9 Å². The summed E-state index contributed by atoms with van der Waals surface area (Å²) in [6.07, 6.45) is 0. The first-order chi connectivity index (χ1) is 6.93. The molecule has 0 heterocycles. The van der Waals surface area contributed by atoms with Crippen LogP contribution in [0.5, 0.6) is 0 Å². The number of nitro benzene ring substituents is 2. The summed E-state index contributed by atoms with van der Waals surface area (Å²) in [5.74, 6) is 0. The van der Waals surface area contributed by atoms with Gasteiger partial charge in [-0.3, -0.25) is 0 Å². The molecule has 0 saturated carbocycles. The van der Waals surface area contributed by atoms with E-state index in [0.29, 0.717) is 6.07 Å². The van der Waals surface area contributed by atoms with E-state index in [4.69, 9.17) is 4.19 Å². The SMILES string of the molecule is O=[N+]([O-])c1ccc([Se](=O)O)c([N+](=O)[O-])c1. The summed E-state index contributed by atoms with van der Waals surface area (Å²) in [6, 6.07) is 2.54. The molecule has 1 unspecified atom stereocenters. The molecule has 0 saturated heterocycles. The molecule has 0 aromatic heterocycles. The maximum absolute atomic E-state index is 10.7. The summed E-state index contributed by atoms with van der Waals surface area (Å²) < 4.78 is 19.1. The van der Waals surface area contributed by atoms with Crippen molar-refractivity contribution in [1.29, 1.82) is 0 Å². The van der Waals surface area contributed by atoms with Crippen LogP contribution in [-0.2, 0) is 3.83 Å². The van der Waals surface area contributed by atoms with E-state index in [1.54, 1.807) is 0 Å². The molecule has 15 heavy (non-hydrogen) atoms. The van der Waals surface area contributed by atoms with Gasteiger partial charge in [-0.25, -0.2) is 0 Å². The normalized spacial score (nSPS) is 12.1. The molecule has 9 heteroatoms. The molecule has 1 atom stereocenters. The van der Waals surface area contributed by atoms with E-state index in [9.17, 15) is 24.1 Å². The van der Waals surface area contributed by atoms with Crippen molar-refractivity contribution in [3.8, 4) is 0 Å². The van der Waals surface area contributed by atoms with Gasteiger partial charge in [-0.15, -0.1) is 0 Å². The van der Waals surface area contributed by atoms with Gasteiger partial charge in [0.1, 0.15) is 0 Å². The molecule has 0 aliphatic carbocycles. The number of hydrogen-bond donors (Lipinski definition) is 1. The fourth-order valence-corrected chi connectivity index (χ4v) is 1.95. The first-order valence-electron chi connectivity index (χ1n) is 3.47. The Morgan fingerprint density at radius 2 is 1.80 bits per heavy atom. The number of nitrogens with zero attached hydrogens (tertiary/aromatic N) is 2. The zero-order valence-corrected chi connectivity index (χ0v) is 8.74. The van der Waals surface area contributed by atoms with Crippen LogP contribution in [0, 0.1) is 20.2 Å². The topological polar surface area (TPSA) is 124 Å². The van der Waals surface area contributed by atoms with E-state index in [0.717, 1.165) is 12.1 Å². The van der Waals surface area contributed by atoms with Crippen LogP contribution in [0.1, 0.15) is 0 Å². The van der Waals surface area contributed by atoms with Crippen molar-refractivity contribution in [1.82, 2.24) is 0 Å². The zero-order chi connectivity index (χ0) is 11.6. The van der Waals surface area contributed by atoms with Gasteiger partial charge >= 0.3 is 86.3 Å². The second kappa shape index (κ2) is 4.22. The van der Waals surface area contributed by atoms with Crippen LogP contribution in [-0.4, -0.2) is 28.2 Å². The summed E-state index contributed by atoms with van der Waals surface area (Å²) in [5, 5.41) is 20.8. The minimum absolute atomic E-state index is 0.370. The molecule has 1 aromatic carbocycles. The Kier molecular flexibility index (Phi) is 3.20. The van der Waals surface area contributed by atoms with Crippen molar-refractivity contribution < 1.29 is 17.9 Å². The Morgan fingerprint density at radius 1 is 1.20 bits per heavy atom. The predicted molar refractivity (Wildman–Crippen MR) is 48.0 cm³/mol. The van der Waals surface area contributed by atoms with Crippen molar-refractivity contribution in [3.63, 3.8) is 0 Å². The summed E-state index contributed by atoms with van der Waals surface area (Å²) in [6.45, 7) is 0. The van der Waals surface area contributed by atoms with Crippen molar-refractivity contribution >= 4 is 30.0 Å². The predicted octanol–water partition coefficient (Wildman–Crippen LogP) is -0.379. The van der Waals surface area contributed by atoms with Crippen LogP contribution < -0.4 is 4.46 Å². The Balaban J connectivity index is 3.40.